The van der Waals surface area contributed by atoms with E-state index in [4.69, 9.17) is 15.1 Å². The highest BCUT2D eigenvalue weighted by molar-refractivity contribution is 5.86. The van der Waals surface area contributed by atoms with Gasteiger partial charge in [-0.3, -0.25) is 0 Å². The van der Waals surface area contributed by atoms with Crippen LogP contribution in [0.3, 0.4) is 0 Å². The Morgan fingerprint density at radius 1 is 1.68 bits per heavy atom. The highest BCUT2D eigenvalue weighted by Gasteiger charge is 2.22. The fourth-order valence-corrected chi connectivity index (χ4v) is 1.88. The number of anilines is 1. The maximum absolute atomic E-state index is 10.6. The van der Waals surface area contributed by atoms with Crippen molar-refractivity contribution < 1.29 is 14.6 Å². The van der Waals surface area contributed by atoms with E-state index in [0.29, 0.717) is 31.1 Å². The van der Waals surface area contributed by atoms with Crippen LogP contribution in [0, 0.1) is 11.3 Å². The van der Waals surface area contributed by atoms with E-state index in [1.165, 1.54) is 6.08 Å². The third kappa shape index (κ3) is 3.30. The Morgan fingerprint density at radius 3 is 3.26 bits per heavy atom. The predicted molar refractivity (Wildman–Crippen MR) is 68.5 cm³/mol. The third-order valence-electron chi connectivity index (χ3n) is 2.73. The second-order valence-electron chi connectivity index (χ2n) is 4.02. The number of rotatable bonds is 3. The van der Waals surface area contributed by atoms with E-state index in [2.05, 4.69) is 11.1 Å². The zero-order chi connectivity index (χ0) is 13.7. The van der Waals surface area contributed by atoms with Crippen molar-refractivity contribution in [2.24, 2.45) is 0 Å². The summed E-state index contributed by atoms with van der Waals surface area (Å²) in [6.07, 6.45) is 3.74. The van der Waals surface area contributed by atoms with Crippen LogP contribution in [0.5, 0.6) is 0 Å². The Balaban J connectivity index is 2.24. The third-order valence-corrected chi connectivity index (χ3v) is 2.73. The molecule has 0 saturated carbocycles. The molecule has 1 unspecified atom stereocenters. The molecule has 1 N–H and O–H groups in total. The van der Waals surface area contributed by atoms with Gasteiger partial charge in [0.1, 0.15) is 5.82 Å². The molecule has 2 rings (SSSR count). The number of aromatic nitrogens is 1. The summed E-state index contributed by atoms with van der Waals surface area (Å²) in [4.78, 5) is 16.8. The number of pyridine rings is 1. The van der Waals surface area contributed by atoms with Gasteiger partial charge in [-0.1, -0.05) is 0 Å². The quantitative estimate of drug-likeness (QED) is 0.812. The fourth-order valence-electron chi connectivity index (χ4n) is 1.88. The topological polar surface area (TPSA) is 86.5 Å². The molecule has 19 heavy (non-hydrogen) atoms. The smallest absolute Gasteiger partial charge is 0.328 e. The van der Waals surface area contributed by atoms with E-state index in [1.807, 2.05) is 4.90 Å². The van der Waals surface area contributed by atoms with Crippen molar-refractivity contribution in [3.8, 4) is 6.07 Å². The summed E-state index contributed by atoms with van der Waals surface area (Å²) in [5.41, 5.74) is 0.712. The molecule has 1 saturated heterocycles. The van der Waals surface area contributed by atoms with Crippen LogP contribution in [0.15, 0.2) is 24.4 Å². The monoisotopic (exact) mass is 259 g/mol. The molecule has 6 heteroatoms. The highest BCUT2D eigenvalue weighted by atomic mass is 16.5. The van der Waals surface area contributed by atoms with Crippen LogP contribution in [0.1, 0.15) is 5.56 Å². The number of carboxylic acids is 1. The summed E-state index contributed by atoms with van der Waals surface area (Å²) in [7, 11) is 0. The van der Waals surface area contributed by atoms with Gasteiger partial charge in [-0.25, -0.2) is 9.78 Å². The number of hydrogen-bond donors (Lipinski definition) is 1. The lowest BCUT2D eigenvalue weighted by Crippen LogP contribution is -2.42. The second-order valence-corrected chi connectivity index (χ2v) is 4.02. The molecule has 2 heterocycles. The van der Waals surface area contributed by atoms with E-state index in [9.17, 15) is 4.79 Å². The molecule has 0 spiro atoms. The van der Waals surface area contributed by atoms with Gasteiger partial charge in [-0.2, -0.15) is 5.26 Å². The average molecular weight is 259 g/mol. The van der Waals surface area contributed by atoms with Gasteiger partial charge < -0.3 is 14.7 Å². The minimum absolute atomic E-state index is 0.432. The largest absolute Gasteiger partial charge is 0.478 e. The second kappa shape index (κ2) is 5.98. The zero-order valence-electron chi connectivity index (χ0n) is 10.2. The van der Waals surface area contributed by atoms with Crippen LogP contribution < -0.4 is 4.90 Å². The van der Waals surface area contributed by atoms with Crippen molar-refractivity contribution in [1.82, 2.24) is 4.98 Å². The maximum atomic E-state index is 10.6. The summed E-state index contributed by atoms with van der Waals surface area (Å²) >= 11 is 0. The molecule has 1 atom stereocenters. The first kappa shape index (κ1) is 13.1. The van der Waals surface area contributed by atoms with Crippen molar-refractivity contribution in [2.45, 2.75) is 6.10 Å². The fraction of sp³-hybridized carbons (Fsp3) is 0.308. The van der Waals surface area contributed by atoms with E-state index < -0.39 is 12.1 Å². The van der Waals surface area contributed by atoms with Crippen LogP contribution in [0.25, 0.3) is 6.08 Å². The van der Waals surface area contributed by atoms with Gasteiger partial charge in [-0.05, 0) is 18.2 Å². The highest BCUT2D eigenvalue weighted by Crippen LogP contribution is 2.21. The molecular formula is C13H13N3O3. The molecule has 1 aliphatic rings. The van der Waals surface area contributed by atoms with Crippen LogP contribution >= 0.6 is 0 Å². The SMILES string of the molecule is N#CC1CN(c2ncccc2/C=C/C(=O)O)CCO1. The van der Waals surface area contributed by atoms with Crippen LogP contribution in [0.4, 0.5) is 5.82 Å². The molecule has 1 aromatic rings. The Morgan fingerprint density at radius 2 is 2.53 bits per heavy atom. The summed E-state index contributed by atoms with van der Waals surface area (Å²) < 4.78 is 5.27. The van der Waals surface area contributed by atoms with Crippen LogP contribution in [-0.2, 0) is 9.53 Å². The Labute approximate surface area is 110 Å². The minimum Gasteiger partial charge on any atom is -0.478 e. The van der Waals surface area contributed by atoms with Gasteiger partial charge in [0.25, 0.3) is 0 Å². The van der Waals surface area contributed by atoms with Gasteiger partial charge in [0, 0.05) is 24.4 Å². The van der Waals surface area contributed by atoms with Crippen molar-refractivity contribution in [1.29, 1.82) is 5.26 Å². The number of ether oxygens (including phenoxy) is 1. The Hall–Kier alpha value is -2.39. The molecule has 1 fully saturated rings. The minimum atomic E-state index is -1.01. The van der Waals surface area contributed by atoms with Crippen molar-refractivity contribution in [3.63, 3.8) is 0 Å². The van der Waals surface area contributed by atoms with Crippen molar-refractivity contribution in [2.75, 3.05) is 24.6 Å². The molecule has 0 bridgehead atoms. The lowest BCUT2D eigenvalue weighted by atomic mass is 10.2. The molecule has 1 aromatic heterocycles. The summed E-state index contributed by atoms with van der Waals surface area (Å²) in [6.45, 7) is 1.52. The number of aliphatic carboxylic acids is 1. The standard InChI is InChI=1S/C13H13N3O3/c14-8-11-9-16(6-7-19-11)13-10(2-1-5-15-13)3-4-12(17)18/h1-5,11H,6-7,9H2,(H,17,18)/b4-3+. The molecule has 1 aliphatic heterocycles. The number of hydrogen-bond acceptors (Lipinski definition) is 5. The summed E-state index contributed by atoms with van der Waals surface area (Å²) in [5.74, 6) is -0.338. The molecule has 98 valence electrons. The average Bonchev–Trinajstić information content (AvgIpc) is 2.45. The molecule has 6 nitrogen and oxygen atoms in total. The van der Waals surface area contributed by atoms with Gasteiger partial charge >= 0.3 is 5.97 Å². The lowest BCUT2D eigenvalue weighted by Gasteiger charge is -2.31. The molecule has 0 aliphatic carbocycles. The first-order valence-electron chi connectivity index (χ1n) is 5.83. The molecular weight excluding hydrogens is 246 g/mol. The van der Waals surface area contributed by atoms with Crippen molar-refractivity contribution >= 4 is 17.9 Å². The first-order chi connectivity index (χ1) is 9.20. The van der Waals surface area contributed by atoms with Gasteiger partial charge in [0.2, 0.25) is 0 Å². The molecule has 0 amide bonds. The normalized spacial score (nSPS) is 19.3. The summed E-state index contributed by atoms with van der Waals surface area (Å²) in [5, 5.41) is 17.6. The van der Waals surface area contributed by atoms with Gasteiger partial charge in [0.05, 0.1) is 19.2 Å². The summed E-state index contributed by atoms with van der Waals surface area (Å²) in [6, 6.07) is 5.60. The van der Waals surface area contributed by atoms with Crippen LogP contribution in [0.2, 0.25) is 0 Å². The number of nitrogens with zero attached hydrogens (tertiary/aromatic N) is 3. The number of nitriles is 1. The lowest BCUT2D eigenvalue weighted by molar-refractivity contribution is -0.131. The zero-order valence-corrected chi connectivity index (χ0v) is 10.2. The maximum Gasteiger partial charge on any atom is 0.328 e. The first-order valence-corrected chi connectivity index (χ1v) is 5.83. The molecule has 0 aromatic carbocycles. The predicted octanol–water partition coefficient (Wildman–Crippen LogP) is 0.908. The van der Waals surface area contributed by atoms with E-state index in [0.717, 1.165) is 6.08 Å². The van der Waals surface area contributed by atoms with Crippen molar-refractivity contribution in [3.05, 3.63) is 30.0 Å². The Bertz CT molecular complexity index is 536. The van der Waals surface area contributed by atoms with E-state index in [-0.39, 0.29) is 0 Å². The number of carbonyl (C=O) groups is 1. The molecule has 0 radical (unpaired) electrons. The van der Waals surface area contributed by atoms with Crippen LogP contribution in [-0.4, -0.2) is 41.9 Å². The number of carboxylic acid groups (broad SMARTS) is 1. The van der Waals surface area contributed by atoms with E-state index in [1.54, 1.807) is 18.3 Å². The van der Waals surface area contributed by atoms with Gasteiger partial charge in [-0.15, -0.1) is 0 Å². The van der Waals surface area contributed by atoms with Gasteiger partial charge in [0.15, 0.2) is 6.10 Å². The Kier molecular flexibility index (Phi) is 4.11. The van der Waals surface area contributed by atoms with E-state index >= 15 is 0 Å². The number of morpholine rings is 1.